The lowest BCUT2D eigenvalue weighted by molar-refractivity contribution is 0.0193. The van der Waals surface area contributed by atoms with Gasteiger partial charge in [-0.2, -0.15) is 0 Å². The number of aryl methyl sites for hydroxylation is 2. The standard InChI is InChI=1S/C19H33N5O2S.HI/c1-7-20-17(21-11-16-22-13(2)14(3)27-16)23-15-9-8-10-24(12-15)18(25)26-19(4,5)6;/h15H,7-12H2,1-6H3,(H2,20,21,23);1H. The predicted octanol–water partition coefficient (Wildman–Crippen LogP) is 3.83. The number of aromatic nitrogens is 1. The molecular weight excluding hydrogens is 489 g/mol. The van der Waals surface area contributed by atoms with Crippen LogP contribution in [0.2, 0.25) is 0 Å². The Hall–Kier alpha value is -1.10. The van der Waals surface area contributed by atoms with Crippen molar-refractivity contribution in [3.8, 4) is 0 Å². The Labute approximate surface area is 189 Å². The molecule has 1 amide bonds. The molecule has 1 aromatic heterocycles. The van der Waals surface area contributed by atoms with Crippen LogP contribution in [0.4, 0.5) is 4.79 Å². The van der Waals surface area contributed by atoms with Gasteiger partial charge in [0.2, 0.25) is 0 Å². The Balaban J connectivity index is 0.00000392. The summed E-state index contributed by atoms with van der Waals surface area (Å²) in [7, 11) is 0. The topological polar surface area (TPSA) is 78.9 Å². The molecule has 2 N–H and O–H groups in total. The molecule has 0 aliphatic carbocycles. The largest absolute Gasteiger partial charge is 0.444 e. The first-order valence-corrected chi connectivity index (χ1v) is 10.4. The van der Waals surface area contributed by atoms with Gasteiger partial charge in [0.1, 0.15) is 10.6 Å². The highest BCUT2D eigenvalue weighted by Crippen LogP contribution is 2.17. The number of piperidine rings is 1. The van der Waals surface area contributed by atoms with Crippen molar-refractivity contribution in [3.05, 3.63) is 15.6 Å². The molecule has 1 aliphatic heterocycles. The van der Waals surface area contributed by atoms with E-state index in [1.165, 1.54) is 4.88 Å². The molecule has 1 aromatic rings. The Bertz CT molecular complexity index is 652. The normalized spacial score (nSPS) is 17.7. The van der Waals surface area contributed by atoms with Crippen molar-refractivity contribution in [1.29, 1.82) is 0 Å². The summed E-state index contributed by atoms with van der Waals surface area (Å²) >= 11 is 1.69. The summed E-state index contributed by atoms with van der Waals surface area (Å²) in [4.78, 5) is 24.6. The summed E-state index contributed by atoms with van der Waals surface area (Å²) in [6, 6.07) is 0.156. The van der Waals surface area contributed by atoms with Gasteiger partial charge in [-0.05, 0) is 54.4 Å². The number of ether oxygens (including phenoxy) is 1. The van der Waals surface area contributed by atoms with Crippen LogP contribution in [0, 0.1) is 13.8 Å². The minimum Gasteiger partial charge on any atom is -0.444 e. The molecule has 0 radical (unpaired) electrons. The summed E-state index contributed by atoms with van der Waals surface area (Å²) in [6.07, 6.45) is 1.70. The molecule has 1 aliphatic rings. The number of nitrogens with zero attached hydrogens (tertiary/aromatic N) is 3. The van der Waals surface area contributed by atoms with Crippen LogP contribution in [0.15, 0.2) is 4.99 Å². The quantitative estimate of drug-likeness (QED) is 0.357. The van der Waals surface area contributed by atoms with Crippen molar-refractivity contribution >= 4 is 47.4 Å². The van der Waals surface area contributed by atoms with Gasteiger partial charge in [0.05, 0.1) is 12.2 Å². The predicted molar refractivity (Wildman–Crippen MR) is 126 cm³/mol. The van der Waals surface area contributed by atoms with E-state index >= 15 is 0 Å². The number of guanidine groups is 1. The number of hydrogen-bond donors (Lipinski definition) is 2. The molecule has 1 unspecified atom stereocenters. The molecule has 0 aromatic carbocycles. The monoisotopic (exact) mass is 523 g/mol. The van der Waals surface area contributed by atoms with Crippen molar-refractivity contribution < 1.29 is 9.53 Å². The zero-order valence-electron chi connectivity index (χ0n) is 17.8. The van der Waals surface area contributed by atoms with E-state index in [-0.39, 0.29) is 36.1 Å². The zero-order chi connectivity index (χ0) is 20.0. The van der Waals surface area contributed by atoms with Gasteiger partial charge < -0.3 is 20.3 Å². The third kappa shape index (κ3) is 8.10. The van der Waals surface area contributed by atoms with Gasteiger partial charge in [0.25, 0.3) is 0 Å². The van der Waals surface area contributed by atoms with Crippen molar-refractivity contribution in [1.82, 2.24) is 20.5 Å². The van der Waals surface area contributed by atoms with Gasteiger partial charge in [-0.15, -0.1) is 35.3 Å². The molecule has 1 saturated heterocycles. The number of amides is 1. The van der Waals surface area contributed by atoms with Gasteiger partial charge in [0.15, 0.2) is 5.96 Å². The van der Waals surface area contributed by atoms with E-state index in [2.05, 4.69) is 27.5 Å². The van der Waals surface area contributed by atoms with Gasteiger partial charge in [-0.25, -0.2) is 14.8 Å². The van der Waals surface area contributed by atoms with E-state index in [1.807, 2.05) is 34.6 Å². The molecule has 2 heterocycles. The van der Waals surface area contributed by atoms with Crippen LogP contribution >= 0.6 is 35.3 Å². The SMILES string of the molecule is CCNC(=NCc1nc(C)c(C)s1)NC1CCCN(C(=O)OC(C)(C)C)C1.I. The van der Waals surface area contributed by atoms with Crippen LogP contribution < -0.4 is 10.6 Å². The van der Waals surface area contributed by atoms with Crippen LogP contribution in [0.25, 0.3) is 0 Å². The molecule has 0 bridgehead atoms. The fourth-order valence-corrected chi connectivity index (χ4v) is 3.71. The number of halogens is 1. The number of likely N-dealkylation sites (tertiary alicyclic amines) is 1. The smallest absolute Gasteiger partial charge is 0.410 e. The lowest BCUT2D eigenvalue weighted by Crippen LogP contribution is -2.53. The molecule has 1 atom stereocenters. The molecule has 9 heteroatoms. The summed E-state index contributed by atoms with van der Waals surface area (Å²) < 4.78 is 5.50. The number of hydrogen-bond acceptors (Lipinski definition) is 5. The molecule has 1 fully saturated rings. The van der Waals surface area contributed by atoms with Crippen molar-refractivity contribution in [2.75, 3.05) is 19.6 Å². The molecule has 28 heavy (non-hydrogen) atoms. The first-order valence-electron chi connectivity index (χ1n) is 9.63. The molecule has 160 valence electrons. The van der Waals surface area contributed by atoms with Gasteiger partial charge >= 0.3 is 6.09 Å². The zero-order valence-corrected chi connectivity index (χ0v) is 20.9. The molecule has 0 saturated carbocycles. The molecular formula is C19H34IN5O2S. The number of carbonyl (C=O) groups excluding carboxylic acids is 1. The Morgan fingerprint density at radius 2 is 2.11 bits per heavy atom. The second-order valence-electron chi connectivity index (χ2n) is 7.85. The lowest BCUT2D eigenvalue weighted by Gasteiger charge is -2.35. The first kappa shape index (κ1) is 24.9. The maximum atomic E-state index is 12.3. The van der Waals surface area contributed by atoms with E-state index in [0.717, 1.165) is 42.6 Å². The maximum Gasteiger partial charge on any atom is 0.410 e. The molecule has 7 nitrogen and oxygen atoms in total. The van der Waals surface area contributed by atoms with Crippen molar-refractivity contribution in [2.45, 2.75) is 72.6 Å². The van der Waals surface area contributed by atoms with Crippen LogP contribution in [0.5, 0.6) is 0 Å². The van der Waals surface area contributed by atoms with E-state index in [0.29, 0.717) is 13.1 Å². The number of rotatable bonds is 4. The summed E-state index contributed by atoms with van der Waals surface area (Å²) in [5.74, 6) is 0.763. The van der Waals surface area contributed by atoms with E-state index in [4.69, 9.17) is 4.74 Å². The first-order chi connectivity index (χ1) is 12.7. The van der Waals surface area contributed by atoms with Gasteiger partial charge in [-0.1, -0.05) is 0 Å². The Kier molecular flexibility index (Phi) is 9.96. The number of carbonyl (C=O) groups is 1. The highest BCUT2D eigenvalue weighted by atomic mass is 127. The fourth-order valence-electron chi connectivity index (χ4n) is 2.85. The summed E-state index contributed by atoms with van der Waals surface area (Å²) in [6.45, 7) is 14.5. The van der Waals surface area contributed by atoms with Gasteiger partial charge in [0, 0.05) is 30.6 Å². The third-order valence-corrected chi connectivity index (χ3v) is 5.26. The van der Waals surface area contributed by atoms with Crippen LogP contribution in [-0.4, -0.2) is 53.2 Å². The Morgan fingerprint density at radius 3 is 2.68 bits per heavy atom. The highest BCUT2D eigenvalue weighted by molar-refractivity contribution is 14.0. The summed E-state index contributed by atoms with van der Waals surface area (Å²) in [5.41, 5.74) is 0.598. The van der Waals surface area contributed by atoms with Crippen molar-refractivity contribution in [2.24, 2.45) is 4.99 Å². The van der Waals surface area contributed by atoms with E-state index in [1.54, 1.807) is 16.2 Å². The number of aliphatic imine (C=N–C) groups is 1. The number of nitrogens with one attached hydrogen (secondary N) is 2. The molecule has 0 spiro atoms. The second-order valence-corrected chi connectivity index (χ2v) is 9.14. The van der Waals surface area contributed by atoms with Crippen LogP contribution in [0.1, 0.15) is 56.1 Å². The third-order valence-electron chi connectivity index (χ3n) is 4.20. The average Bonchev–Trinajstić information content (AvgIpc) is 2.90. The number of thiazole rings is 1. The Morgan fingerprint density at radius 1 is 1.39 bits per heavy atom. The summed E-state index contributed by atoms with van der Waals surface area (Å²) in [5, 5.41) is 7.76. The maximum absolute atomic E-state index is 12.3. The minimum absolute atomic E-state index is 0. The van der Waals surface area contributed by atoms with E-state index < -0.39 is 5.60 Å². The lowest BCUT2D eigenvalue weighted by atomic mass is 10.1. The molecule has 2 rings (SSSR count). The fraction of sp³-hybridized carbons (Fsp3) is 0.737. The average molecular weight is 523 g/mol. The van der Waals surface area contributed by atoms with E-state index in [9.17, 15) is 4.79 Å². The second kappa shape index (κ2) is 11.2. The van der Waals surface area contributed by atoms with Crippen molar-refractivity contribution in [3.63, 3.8) is 0 Å². The van der Waals surface area contributed by atoms with Crippen LogP contribution in [0.3, 0.4) is 0 Å². The highest BCUT2D eigenvalue weighted by Gasteiger charge is 2.28. The van der Waals surface area contributed by atoms with Gasteiger partial charge in [-0.3, -0.25) is 0 Å². The minimum atomic E-state index is -0.474. The van der Waals surface area contributed by atoms with Crippen LogP contribution in [-0.2, 0) is 11.3 Å².